The fraction of sp³-hybridized carbons (Fsp3) is 0.269. The summed E-state index contributed by atoms with van der Waals surface area (Å²) in [4.78, 5) is 28.6. The van der Waals surface area contributed by atoms with Crippen LogP contribution in [0.15, 0.2) is 53.5 Å². The minimum atomic E-state index is -4.95. The van der Waals surface area contributed by atoms with Crippen molar-refractivity contribution in [1.82, 2.24) is 10.3 Å². The predicted octanol–water partition coefficient (Wildman–Crippen LogP) is 4.51. The first kappa shape index (κ1) is 25.9. The summed E-state index contributed by atoms with van der Waals surface area (Å²) in [5.74, 6) is -1.74. The second-order valence-corrected chi connectivity index (χ2v) is 8.99. The fourth-order valence-corrected chi connectivity index (χ4v) is 4.51. The van der Waals surface area contributed by atoms with E-state index in [4.69, 9.17) is 0 Å². The molecule has 1 aromatic heterocycles. The van der Waals surface area contributed by atoms with Gasteiger partial charge in [-0.15, -0.1) is 0 Å². The van der Waals surface area contributed by atoms with Crippen molar-refractivity contribution in [3.63, 3.8) is 0 Å². The first-order chi connectivity index (χ1) is 17.5. The molecule has 1 aliphatic heterocycles. The third kappa shape index (κ3) is 5.65. The third-order valence-corrected chi connectivity index (χ3v) is 6.01. The largest absolute Gasteiger partial charge is 0.417 e. The van der Waals surface area contributed by atoms with Gasteiger partial charge in [-0.2, -0.15) is 18.4 Å². The van der Waals surface area contributed by atoms with Gasteiger partial charge in [0, 0.05) is 43.0 Å². The van der Waals surface area contributed by atoms with Gasteiger partial charge >= 0.3 is 6.18 Å². The summed E-state index contributed by atoms with van der Waals surface area (Å²) >= 11 is 0. The number of carbonyl (C=O) groups excluding carboxylic acids is 1. The molecule has 1 amide bonds. The van der Waals surface area contributed by atoms with Gasteiger partial charge in [-0.05, 0) is 43.7 Å². The van der Waals surface area contributed by atoms with Crippen molar-refractivity contribution < 1.29 is 22.4 Å². The molecule has 2 aromatic carbocycles. The minimum absolute atomic E-state index is 0.0263. The lowest BCUT2D eigenvalue weighted by molar-refractivity contribution is -0.138. The highest BCUT2D eigenvalue weighted by atomic mass is 19.4. The van der Waals surface area contributed by atoms with Crippen LogP contribution in [0, 0.1) is 17.1 Å². The van der Waals surface area contributed by atoms with Crippen LogP contribution >= 0.6 is 0 Å². The number of carbonyl (C=O) groups is 1. The van der Waals surface area contributed by atoms with E-state index >= 15 is 4.39 Å². The molecule has 37 heavy (non-hydrogen) atoms. The number of nitriles is 1. The van der Waals surface area contributed by atoms with E-state index in [9.17, 15) is 28.0 Å². The number of hydrogen-bond acceptors (Lipinski definition) is 5. The standard InChI is InChI=1S/C26H23F4N5O2/c1-14-12-35(13-15(2)33-14)23-9-21(27)18(17-5-3-4-16(6-17)10-31)7-22(23)34-25(37)19-11-32-24(36)8-20(19)26(28,29)30/h3-9,11,14-15,33H,12-13H2,1-2H3,(H,32,36)(H,34,37)/t14-,15+. The zero-order chi connectivity index (χ0) is 26.9. The van der Waals surface area contributed by atoms with E-state index in [0.717, 1.165) is 0 Å². The Bertz CT molecular complexity index is 1430. The Morgan fingerprint density at radius 2 is 1.84 bits per heavy atom. The molecule has 2 atom stereocenters. The number of alkyl halides is 3. The Balaban J connectivity index is 1.83. The van der Waals surface area contributed by atoms with Crippen LogP contribution in [0.1, 0.15) is 35.3 Å². The Labute approximate surface area is 209 Å². The number of nitrogens with one attached hydrogen (secondary N) is 3. The van der Waals surface area contributed by atoms with Crippen LogP contribution in [-0.2, 0) is 6.18 Å². The van der Waals surface area contributed by atoms with Crippen molar-refractivity contribution in [2.24, 2.45) is 0 Å². The molecular formula is C26H23F4N5O2. The molecule has 0 saturated carbocycles. The molecule has 4 rings (SSSR count). The molecular weight excluding hydrogens is 490 g/mol. The maximum absolute atomic E-state index is 15.4. The molecule has 192 valence electrons. The minimum Gasteiger partial charge on any atom is -0.367 e. The van der Waals surface area contributed by atoms with Gasteiger partial charge in [0.15, 0.2) is 0 Å². The highest BCUT2D eigenvalue weighted by Crippen LogP contribution is 2.37. The first-order valence-electron chi connectivity index (χ1n) is 11.4. The predicted molar refractivity (Wildman–Crippen MR) is 131 cm³/mol. The monoisotopic (exact) mass is 513 g/mol. The van der Waals surface area contributed by atoms with Crippen molar-refractivity contribution in [2.45, 2.75) is 32.1 Å². The summed E-state index contributed by atoms with van der Waals surface area (Å²) in [6.45, 7) is 4.80. The van der Waals surface area contributed by atoms with Crippen molar-refractivity contribution >= 4 is 17.3 Å². The van der Waals surface area contributed by atoms with Gasteiger partial charge in [0.05, 0.1) is 34.1 Å². The topological polar surface area (TPSA) is 101 Å². The normalized spacial score (nSPS) is 17.8. The number of benzene rings is 2. The number of aromatic amines is 1. The lowest BCUT2D eigenvalue weighted by Crippen LogP contribution is -2.54. The zero-order valence-electron chi connectivity index (χ0n) is 19.9. The molecule has 0 aliphatic carbocycles. The molecule has 1 aliphatic rings. The average Bonchev–Trinajstić information content (AvgIpc) is 2.83. The number of hydrogen-bond donors (Lipinski definition) is 3. The van der Waals surface area contributed by atoms with Gasteiger partial charge in [-0.25, -0.2) is 4.39 Å². The van der Waals surface area contributed by atoms with Gasteiger partial charge < -0.3 is 20.5 Å². The van der Waals surface area contributed by atoms with Crippen molar-refractivity contribution in [3.05, 3.63) is 81.5 Å². The summed E-state index contributed by atoms with van der Waals surface area (Å²) < 4.78 is 56.1. The molecule has 3 aromatic rings. The molecule has 1 saturated heterocycles. The maximum Gasteiger partial charge on any atom is 0.417 e. The lowest BCUT2D eigenvalue weighted by Gasteiger charge is -2.38. The Kier molecular flexibility index (Phi) is 7.05. The van der Waals surface area contributed by atoms with Crippen LogP contribution in [0.5, 0.6) is 0 Å². The number of pyridine rings is 1. The van der Waals surface area contributed by atoms with Crippen LogP contribution in [0.3, 0.4) is 0 Å². The lowest BCUT2D eigenvalue weighted by atomic mass is 10.00. The second-order valence-electron chi connectivity index (χ2n) is 8.99. The average molecular weight is 513 g/mol. The summed E-state index contributed by atoms with van der Waals surface area (Å²) in [6, 6.07) is 11.1. The SMILES string of the molecule is C[C@@H]1CN(c2cc(F)c(-c3cccc(C#N)c3)cc2NC(=O)c2c[nH]c(=O)cc2C(F)(F)F)C[C@H](C)N1. The van der Waals surface area contributed by atoms with E-state index in [1.54, 1.807) is 18.2 Å². The molecule has 11 heteroatoms. The summed E-state index contributed by atoms with van der Waals surface area (Å²) in [6.07, 6.45) is -4.24. The number of H-pyrrole nitrogens is 1. The van der Waals surface area contributed by atoms with E-state index in [1.165, 1.54) is 18.2 Å². The van der Waals surface area contributed by atoms with E-state index in [2.05, 4.69) is 15.6 Å². The quantitative estimate of drug-likeness (QED) is 0.446. The van der Waals surface area contributed by atoms with E-state index in [0.29, 0.717) is 42.2 Å². The molecule has 0 bridgehead atoms. The Hall–Kier alpha value is -4.17. The van der Waals surface area contributed by atoms with Crippen LogP contribution in [-0.4, -0.2) is 36.1 Å². The summed E-state index contributed by atoms with van der Waals surface area (Å²) in [7, 11) is 0. The van der Waals surface area contributed by atoms with Gasteiger partial charge in [-0.1, -0.05) is 12.1 Å². The van der Waals surface area contributed by atoms with Crippen LogP contribution in [0.2, 0.25) is 0 Å². The molecule has 0 spiro atoms. The van der Waals surface area contributed by atoms with E-state index in [-0.39, 0.29) is 23.3 Å². The number of halogens is 4. The Morgan fingerprint density at radius 1 is 1.14 bits per heavy atom. The van der Waals surface area contributed by atoms with Crippen molar-refractivity contribution in [2.75, 3.05) is 23.3 Å². The molecule has 2 heterocycles. The van der Waals surface area contributed by atoms with Crippen molar-refractivity contribution in [1.29, 1.82) is 5.26 Å². The highest BCUT2D eigenvalue weighted by molar-refractivity contribution is 6.07. The highest BCUT2D eigenvalue weighted by Gasteiger charge is 2.36. The molecule has 3 N–H and O–H groups in total. The number of aromatic nitrogens is 1. The van der Waals surface area contributed by atoms with Gasteiger partial charge in [0.25, 0.3) is 5.91 Å². The van der Waals surface area contributed by atoms with Crippen LogP contribution < -0.4 is 21.1 Å². The Morgan fingerprint density at radius 3 is 2.49 bits per heavy atom. The summed E-state index contributed by atoms with van der Waals surface area (Å²) in [5, 5.41) is 15.1. The molecule has 0 radical (unpaired) electrons. The van der Waals surface area contributed by atoms with Crippen LogP contribution in [0.4, 0.5) is 28.9 Å². The second kappa shape index (κ2) is 10.1. The zero-order valence-corrected chi connectivity index (χ0v) is 19.9. The number of rotatable bonds is 4. The maximum atomic E-state index is 15.4. The number of amides is 1. The molecule has 7 nitrogen and oxygen atoms in total. The van der Waals surface area contributed by atoms with E-state index in [1.807, 2.05) is 24.8 Å². The van der Waals surface area contributed by atoms with E-state index < -0.39 is 34.6 Å². The van der Waals surface area contributed by atoms with Gasteiger partial charge in [-0.3, -0.25) is 9.59 Å². The third-order valence-electron chi connectivity index (χ3n) is 6.01. The molecule has 1 fully saturated rings. The summed E-state index contributed by atoms with van der Waals surface area (Å²) in [5.41, 5.74) is -2.07. The van der Waals surface area contributed by atoms with Crippen LogP contribution in [0.25, 0.3) is 11.1 Å². The fourth-order valence-electron chi connectivity index (χ4n) is 4.51. The number of piperazine rings is 1. The first-order valence-corrected chi connectivity index (χ1v) is 11.4. The van der Waals surface area contributed by atoms with Gasteiger partial charge in [0.2, 0.25) is 5.56 Å². The van der Waals surface area contributed by atoms with Crippen molar-refractivity contribution in [3.8, 4) is 17.2 Å². The molecule has 0 unspecified atom stereocenters. The number of nitrogens with zero attached hydrogens (tertiary/aromatic N) is 2. The van der Waals surface area contributed by atoms with Gasteiger partial charge in [0.1, 0.15) is 5.82 Å². The smallest absolute Gasteiger partial charge is 0.367 e. The number of anilines is 2.